The number of rotatable bonds is 3. The summed E-state index contributed by atoms with van der Waals surface area (Å²) in [4.78, 5) is -0.203. The van der Waals surface area contributed by atoms with E-state index in [1.165, 1.54) is 22.5 Å². The summed E-state index contributed by atoms with van der Waals surface area (Å²) in [6, 6.07) is 5.59. The molecule has 1 aliphatic rings. The number of halogens is 1. The number of hydrogen-bond acceptors (Lipinski definition) is 2. The Morgan fingerprint density at radius 2 is 2.06 bits per heavy atom. The van der Waals surface area contributed by atoms with Gasteiger partial charge in [0.25, 0.3) is 0 Å². The molecule has 0 aliphatic carbocycles. The summed E-state index contributed by atoms with van der Waals surface area (Å²) in [6.45, 7) is 2.47. The molecule has 100 valence electrons. The van der Waals surface area contributed by atoms with Gasteiger partial charge in [0.1, 0.15) is 10.7 Å². The molecule has 1 aliphatic heterocycles. The lowest BCUT2D eigenvalue weighted by atomic mass is 10.0. The highest BCUT2D eigenvalue weighted by atomic mass is 32.2. The van der Waals surface area contributed by atoms with Gasteiger partial charge >= 0.3 is 0 Å². The minimum atomic E-state index is -3.70. The van der Waals surface area contributed by atoms with Crippen LogP contribution in [0.4, 0.5) is 4.39 Å². The Bertz CT molecular complexity index is 515. The molecule has 18 heavy (non-hydrogen) atoms. The minimum Gasteiger partial charge on any atom is -0.207 e. The second-order valence-corrected chi connectivity index (χ2v) is 6.46. The molecule has 1 heterocycles. The molecule has 0 unspecified atom stereocenters. The predicted molar refractivity (Wildman–Crippen MR) is 68.2 cm³/mol. The molecule has 0 amide bonds. The number of nitrogens with zero attached hydrogens (tertiary/aromatic N) is 1. The normalized spacial score (nSPS) is 22.0. The number of hydrogen-bond donors (Lipinski definition) is 0. The zero-order valence-electron chi connectivity index (χ0n) is 10.5. The molecule has 0 N–H and O–H groups in total. The summed E-state index contributed by atoms with van der Waals surface area (Å²) in [5, 5.41) is 0. The molecule has 3 nitrogen and oxygen atoms in total. The first-order valence-corrected chi connectivity index (χ1v) is 7.77. The van der Waals surface area contributed by atoms with Crippen LogP contribution in [0.25, 0.3) is 0 Å². The fourth-order valence-electron chi connectivity index (χ4n) is 2.48. The average molecular weight is 271 g/mol. The fourth-order valence-corrected chi connectivity index (χ4v) is 4.31. The van der Waals surface area contributed by atoms with Crippen molar-refractivity contribution in [3.8, 4) is 0 Å². The van der Waals surface area contributed by atoms with Crippen molar-refractivity contribution in [3.05, 3.63) is 30.1 Å². The van der Waals surface area contributed by atoms with Gasteiger partial charge in [0.15, 0.2) is 0 Å². The standard InChI is InChI=1S/C13H18FNO2S/c1-2-11-7-5-6-10-15(11)18(16,17)13-9-4-3-8-12(13)14/h3-4,8-9,11H,2,5-7,10H2,1H3/t11-/m0/s1. The van der Waals surface area contributed by atoms with Crippen molar-refractivity contribution >= 4 is 10.0 Å². The Morgan fingerprint density at radius 3 is 2.72 bits per heavy atom. The smallest absolute Gasteiger partial charge is 0.207 e. The Kier molecular flexibility index (Phi) is 4.02. The Morgan fingerprint density at radius 1 is 1.33 bits per heavy atom. The van der Waals surface area contributed by atoms with Crippen molar-refractivity contribution in [1.82, 2.24) is 4.31 Å². The SMILES string of the molecule is CC[C@H]1CCCCN1S(=O)(=O)c1ccccc1F. The van der Waals surface area contributed by atoms with Gasteiger partial charge in [0.05, 0.1) is 0 Å². The van der Waals surface area contributed by atoms with Crippen LogP contribution in [0.2, 0.25) is 0 Å². The molecule has 1 fully saturated rings. The topological polar surface area (TPSA) is 37.4 Å². The highest BCUT2D eigenvalue weighted by molar-refractivity contribution is 7.89. The van der Waals surface area contributed by atoms with E-state index in [9.17, 15) is 12.8 Å². The van der Waals surface area contributed by atoms with Crippen molar-refractivity contribution in [2.75, 3.05) is 6.54 Å². The van der Waals surface area contributed by atoms with E-state index in [-0.39, 0.29) is 10.9 Å². The van der Waals surface area contributed by atoms with Gasteiger partial charge in [-0.2, -0.15) is 4.31 Å². The quantitative estimate of drug-likeness (QED) is 0.847. The third kappa shape index (κ3) is 2.42. The highest BCUT2D eigenvalue weighted by Crippen LogP contribution is 2.27. The van der Waals surface area contributed by atoms with E-state index in [4.69, 9.17) is 0 Å². The molecule has 0 spiro atoms. The molecule has 1 saturated heterocycles. The molecule has 0 bridgehead atoms. The van der Waals surface area contributed by atoms with Crippen molar-refractivity contribution < 1.29 is 12.8 Å². The molecule has 0 aromatic heterocycles. The molecule has 0 saturated carbocycles. The van der Waals surface area contributed by atoms with E-state index < -0.39 is 15.8 Å². The van der Waals surface area contributed by atoms with Crippen LogP contribution in [0, 0.1) is 5.82 Å². The zero-order chi connectivity index (χ0) is 13.2. The lowest BCUT2D eigenvalue weighted by molar-refractivity contribution is 0.246. The monoisotopic (exact) mass is 271 g/mol. The average Bonchev–Trinajstić information content (AvgIpc) is 2.39. The van der Waals surface area contributed by atoms with Crippen LogP contribution in [-0.4, -0.2) is 25.3 Å². The first kappa shape index (κ1) is 13.5. The third-order valence-corrected chi connectivity index (χ3v) is 5.45. The molecule has 2 rings (SSSR count). The lowest BCUT2D eigenvalue weighted by Crippen LogP contribution is -2.43. The predicted octanol–water partition coefficient (Wildman–Crippen LogP) is 2.78. The van der Waals surface area contributed by atoms with Crippen LogP contribution in [-0.2, 0) is 10.0 Å². The molecule has 1 aromatic rings. The number of benzene rings is 1. The van der Waals surface area contributed by atoms with Crippen LogP contribution < -0.4 is 0 Å². The van der Waals surface area contributed by atoms with Crippen LogP contribution in [0.1, 0.15) is 32.6 Å². The van der Waals surface area contributed by atoms with Crippen molar-refractivity contribution in [2.45, 2.75) is 43.5 Å². The van der Waals surface area contributed by atoms with Gasteiger partial charge in [-0.15, -0.1) is 0 Å². The Labute approximate surface area is 108 Å². The van der Waals surface area contributed by atoms with E-state index in [1.54, 1.807) is 6.07 Å². The van der Waals surface area contributed by atoms with E-state index in [2.05, 4.69) is 0 Å². The summed E-state index contributed by atoms with van der Waals surface area (Å²) in [5.74, 6) is -0.669. The maximum Gasteiger partial charge on any atom is 0.246 e. The second-order valence-electron chi connectivity index (χ2n) is 4.60. The maximum atomic E-state index is 13.7. The summed E-state index contributed by atoms with van der Waals surface area (Å²) >= 11 is 0. The van der Waals surface area contributed by atoms with E-state index in [0.717, 1.165) is 25.7 Å². The molecular weight excluding hydrogens is 253 g/mol. The molecule has 1 atom stereocenters. The van der Waals surface area contributed by atoms with Gasteiger partial charge in [-0.1, -0.05) is 25.5 Å². The summed E-state index contributed by atoms with van der Waals surface area (Å²) < 4.78 is 40.1. The first-order valence-electron chi connectivity index (χ1n) is 6.33. The first-order chi connectivity index (χ1) is 8.57. The maximum absolute atomic E-state index is 13.7. The van der Waals surface area contributed by atoms with Gasteiger partial charge in [-0.05, 0) is 31.4 Å². The molecule has 1 aromatic carbocycles. The largest absolute Gasteiger partial charge is 0.246 e. The fraction of sp³-hybridized carbons (Fsp3) is 0.538. The van der Waals surface area contributed by atoms with Crippen LogP contribution >= 0.6 is 0 Å². The van der Waals surface area contributed by atoms with E-state index in [1.807, 2.05) is 6.92 Å². The second kappa shape index (κ2) is 5.36. The highest BCUT2D eigenvalue weighted by Gasteiger charge is 2.33. The van der Waals surface area contributed by atoms with Crippen LogP contribution in [0.5, 0.6) is 0 Å². The van der Waals surface area contributed by atoms with Gasteiger partial charge in [0, 0.05) is 12.6 Å². The summed E-state index contributed by atoms with van der Waals surface area (Å²) in [6.07, 6.45) is 3.53. The van der Waals surface area contributed by atoms with Crippen LogP contribution in [0.3, 0.4) is 0 Å². The molecule has 0 radical (unpaired) electrons. The van der Waals surface area contributed by atoms with Gasteiger partial charge in [-0.3, -0.25) is 0 Å². The number of sulfonamides is 1. The Balaban J connectivity index is 2.39. The van der Waals surface area contributed by atoms with E-state index in [0.29, 0.717) is 6.54 Å². The number of piperidine rings is 1. The van der Waals surface area contributed by atoms with Gasteiger partial charge < -0.3 is 0 Å². The lowest BCUT2D eigenvalue weighted by Gasteiger charge is -2.34. The van der Waals surface area contributed by atoms with Crippen molar-refractivity contribution in [1.29, 1.82) is 0 Å². The minimum absolute atomic E-state index is 0.00311. The summed E-state index contributed by atoms with van der Waals surface area (Å²) in [7, 11) is -3.70. The van der Waals surface area contributed by atoms with E-state index >= 15 is 0 Å². The van der Waals surface area contributed by atoms with Crippen molar-refractivity contribution in [3.63, 3.8) is 0 Å². The Hall–Kier alpha value is -0.940. The molecule has 5 heteroatoms. The third-order valence-electron chi connectivity index (χ3n) is 3.47. The van der Waals surface area contributed by atoms with Crippen LogP contribution in [0.15, 0.2) is 29.2 Å². The van der Waals surface area contributed by atoms with Crippen molar-refractivity contribution in [2.24, 2.45) is 0 Å². The van der Waals surface area contributed by atoms with Gasteiger partial charge in [0.2, 0.25) is 10.0 Å². The zero-order valence-corrected chi connectivity index (χ0v) is 11.3. The van der Waals surface area contributed by atoms with Gasteiger partial charge in [-0.25, -0.2) is 12.8 Å². The molecular formula is C13H18FNO2S. The summed E-state index contributed by atoms with van der Waals surface area (Å²) in [5.41, 5.74) is 0.